The molecule has 2 aromatic carbocycles. The second-order valence-electron chi connectivity index (χ2n) is 6.64. The first-order chi connectivity index (χ1) is 10.8. The molecule has 2 atom stereocenters. The number of benzene rings is 2. The topological polar surface area (TPSA) is 6.48 Å². The number of nitrogens with zero attached hydrogens (tertiary/aromatic N) is 2. The van der Waals surface area contributed by atoms with Crippen LogP contribution in [0.15, 0.2) is 54.6 Å². The van der Waals surface area contributed by atoms with Crippen molar-refractivity contribution in [2.75, 3.05) is 19.6 Å². The molecular weight excluding hydrogens is 268 g/mol. The summed E-state index contributed by atoms with van der Waals surface area (Å²) >= 11 is 0. The Balaban J connectivity index is 1.80. The Bertz CT molecular complexity index is 652. The summed E-state index contributed by atoms with van der Waals surface area (Å²) in [4.78, 5) is 5.33. The zero-order chi connectivity index (χ0) is 15.0. The summed E-state index contributed by atoms with van der Waals surface area (Å²) in [6, 6.07) is 20.1. The maximum Gasteiger partial charge on any atom is 0.0603 e. The third-order valence-corrected chi connectivity index (χ3v) is 5.50. The maximum atomic E-state index is 2.69. The molecular formula is C20H24N2. The van der Waals surface area contributed by atoms with Gasteiger partial charge in [-0.15, -0.1) is 0 Å². The molecule has 2 aliphatic heterocycles. The van der Waals surface area contributed by atoms with Gasteiger partial charge in [0.1, 0.15) is 0 Å². The van der Waals surface area contributed by atoms with E-state index in [1.807, 2.05) is 0 Å². The molecule has 0 amide bonds. The third kappa shape index (κ3) is 2.18. The summed E-state index contributed by atoms with van der Waals surface area (Å²) in [6.45, 7) is 7.91. The average Bonchev–Trinajstić information content (AvgIpc) is 3.00. The Labute approximate surface area is 133 Å². The van der Waals surface area contributed by atoms with E-state index in [4.69, 9.17) is 0 Å². The van der Waals surface area contributed by atoms with Crippen LogP contribution in [-0.4, -0.2) is 29.4 Å². The number of hydrogen-bond acceptors (Lipinski definition) is 2. The fourth-order valence-electron chi connectivity index (χ4n) is 4.31. The lowest BCUT2D eigenvalue weighted by molar-refractivity contribution is 0.0811. The SMILES string of the molecule is CCN1Cc2ccccc2CN2CC[C@@]1(c1ccccc1)C2. The Kier molecular flexibility index (Phi) is 3.51. The van der Waals surface area contributed by atoms with E-state index in [0.29, 0.717) is 0 Å². The van der Waals surface area contributed by atoms with Crippen LogP contribution < -0.4 is 0 Å². The lowest BCUT2D eigenvalue weighted by atomic mass is 9.85. The molecule has 0 spiro atoms. The van der Waals surface area contributed by atoms with E-state index in [2.05, 4.69) is 71.3 Å². The lowest BCUT2D eigenvalue weighted by Gasteiger charge is -2.43. The molecule has 0 N–H and O–H groups in total. The van der Waals surface area contributed by atoms with E-state index in [0.717, 1.165) is 26.2 Å². The molecule has 2 aliphatic rings. The van der Waals surface area contributed by atoms with Gasteiger partial charge in [-0.1, -0.05) is 61.5 Å². The molecule has 22 heavy (non-hydrogen) atoms. The number of fused-ring (bicyclic) bond motifs is 3. The smallest absolute Gasteiger partial charge is 0.0603 e. The molecule has 2 heteroatoms. The molecule has 0 aliphatic carbocycles. The Hall–Kier alpha value is -1.64. The first-order valence-electron chi connectivity index (χ1n) is 8.41. The highest BCUT2D eigenvalue weighted by Crippen LogP contribution is 2.41. The molecule has 2 bridgehead atoms. The average molecular weight is 292 g/mol. The standard InChI is InChI=1S/C20H24N2/c1-2-22-15-18-9-7-6-8-17(18)14-21-13-12-20(22,16-21)19-10-4-3-5-11-19/h3-11H,2,12-16H2,1H3/t20-/m0/s1. The van der Waals surface area contributed by atoms with Gasteiger partial charge < -0.3 is 0 Å². The molecule has 1 fully saturated rings. The molecule has 2 nitrogen and oxygen atoms in total. The van der Waals surface area contributed by atoms with Crippen molar-refractivity contribution in [1.82, 2.24) is 9.80 Å². The molecule has 2 heterocycles. The van der Waals surface area contributed by atoms with E-state index in [1.54, 1.807) is 0 Å². The fourth-order valence-corrected chi connectivity index (χ4v) is 4.31. The quantitative estimate of drug-likeness (QED) is 0.834. The van der Waals surface area contributed by atoms with E-state index in [-0.39, 0.29) is 5.54 Å². The van der Waals surface area contributed by atoms with Crippen molar-refractivity contribution < 1.29 is 0 Å². The summed E-state index contributed by atoms with van der Waals surface area (Å²) in [6.07, 6.45) is 1.23. The molecule has 2 aromatic rings. The van der Waals surface area contributed by atoms with Crippen LogP contribution in [0.3, 0.4) is 0 Å². The van der Waals surface area contributed by atoms with Gasteiger partial charge in [-0.25, -0.2) is 0 Å². The summed E-state index contributed by atoms with van der Waals surface area (Å²) in [5.41, 5.74) is 4.67. The normalized spacial score (nSPS) is 28.0. The van der Waals surface area contributed by atoms with Crippen molar-refractivity contribution >= 4 is 0 Å². The van der Waals surface area contributed by atoms with Crippen LogP contribution in [0, 0.1) is 0 Å². The van der Waals surface area contributed by atoms with E-state index in [1.165, 1.54) is 29.7 Å². The Morgan fingerprint density at radius 3 is 2.32 bits per heavy atom. The van der Waals surface area contributed by atoms with Gasteiger partial charge in [0.15, 0.2) is 0 Å². The second kappa shape index (κ2) is 5.53. The third-order valence-electron chi connectivity index (χ3n) is 5.50. The van der Waals surface area contributed by atoms with E-state index >= 15 is 0 Å². The highest BCUT2D eigenvalue weighted by molar-refractivity contribution is 5.32. The van der Waals surface area contributed by atoms with Crippen LogP contribution >= 0.6 is 0 Å². The van der Waals surface area contributed by atoms with Gasteiger partial charge >= 0.3 is 0 Å². The molecule has 0 aromatic heterocycles. The number of hydrogen-bond donors (Lipinski definition) is 0. The number of rotatable bonds is 2. The van der Waals surface area contributed by atoms with Crippen molar-refractivity contribution in [2.24, 2.45) is 0 Å². The summed E-state index contributed by atoms with van der Waals surface area (Å²) in [5, 5.41) is 0. The number of likely N-dealkylation sites (N-methyl/N-ethyl adjacent to an activating group) is 1. The van der Waals surface area contributed by atoms with Crippen molar-refractivity contribution in [3.63, 3.8) is 0 Å². The molecule has 1 saturated heterocycles. The van der Waals surface area contributed by atoms with Crippen molar-refractivity contribution in [3.05, 3.63) is 71.3 Å². The molecule has 0 saturated carbocycles. The maximum absolute atomic E-state index is 2.69. The van der Waals surface area contributed by atoms with Gasteiger partial charge in [0.25, 0.3) is 0 Å². The predicted octanol–water partition coefficient (Wildman–Crippen LogP) is 3.62. The largest absolute Gasteiger partial charge is 0.297 e. The van der Waals surface area contributed by atoms with Gasteiger partial charge in [0.2, 0.25) is 0 Å². The van der Waals surface area contributed by atoms with Crippen LogP contribution in [0.2, 0.25) is 0 Å². The van der Waals surface area contributed by atoms with E-state index < -0.39 is 0 Å². The van der Waals surface area contributed by atoms with Crippen molar-refractivity contribution in [3.8, 4) is 0 Å². The van der Waals surface area contributed by atoms with Crippen LogP contribution in [0.25, 0.3) is 0 Å². The van der Waals surface area contributed by atoms with Crippen LogP contribution in [-0.2, 0) is 18.6 Å². The highest BCUT2D eigenvalue weighted by atomic mass is 15.3. The van der Waals surface area contributed by atoms with Crippen molar-refractivity contribution in [1.29, 1.82) is 0 Å². The molecule has 1 unspecified atom stereocenters. The second-order valence-corrected chi connectivity index (χ2v) is 6.64. The van der Waals surface area contributed by atoms with Crippen LogP contribution in [0.4, 0.5) is 0 Å². The fraction of sp³-hybridized carbons (Fsp3) is 0.400. The Morgan fingerprint density at radius 1 is 0.909 bits per heavy atom. The van der Waals surface area contributed by atoms with Crippen LogP contribution in [0.1, 0.15) is 30.0 Å². The van der Waals surface area contributed by atoms with Crippen LogP contribution in [0.5, 0.6) is 0 Å². The van der Waals surface area contributed by atoms with Gasteiger partial charge in [-0.2, -0.15) is 0 Å². The van der Waals surface area contributed by atoms with Gasteiger partial charge in [0.05, 0.1) is 5.54 Å². The lowest BCUT2D eigenvalue weighted by Crippen LogP contribution is -2.48. The monoisotopic (exact) mass is 292 g/mol. The molecule has 4 rings (SSSR count). The predicted molar refractivity (Wildman–Crippen MR) is 90.5 cm³/mol. The minimum Gasteiger partial charge on any atom is -0.297 e. The zero-order valence-electron chi connectivity index (χ0n) is 13.3. The molecule has 0 radical (unpaired) electrons. The van der Waals surface area contributed by atoms with Gasteiger partial charge in [-0.05, 0) is 29.7 Å². The Morgan fingerprint density at radius 2 is 1.59 bits per heavy atom. The minimum absolute atomic E-state index is 0.184. The first-order valence-corrected chi connectivity index (χ1v) is 8.41. The summed E-state index contributed by atoms with van der Waals surface area (Å²) in [7, 11) is 0. The zero-order valence-corrected chi connectivity index (χ0v) is 13.3. The molecule has 114 valence electrons. The van der Waals surface area contributed by atoms with Gasteiger partial charge in [0, 0.05) is 26.2 Å². The minimum atomic E-state index is 0.184. The van der Waals surface area contributed by atoms with Gasteiger partial charge in [-0.3, -0.25) is 9.80 Å². The van der Waals surface area contributed by atoms with E-state index in [9.17, 15) is 0 Å². The summed E-state index contributed by atoms with van der Waals surface area (Å²) < 4.78 is 0. The van der Waals surface area contributed by atoms with Crippen molar-refractivity contribution in [2.45, 2.75) is 32.0 Å². The first kappa shape index (κ1) is 14.0. The summed E-state index contributed by atoms with van der Waals surface area (Å²) in [5.74, 6) is 0. The highest BCUT2D eigenvalue weighted by Gasteiger charge is 2.44.